The Morgan fingerprint density at radius 3 is 1.70 bits per heavy atom. The van der Waals surface area contributed by atoms with E-state index in [1.807, 2.05) is 0 Å². The van der Waals surface area contributed by atoms with E-state index in [4.69, 9.17) is 4.55 Å². The Labute approximate surface area is 204 Å². The fourth-order valence-corrected chi connectivity index (χ4v) is 2.64. The molecule has 0 heterocycles. The van der Waals surface area contributed by atoms with Crippen LogP contribution in [0.3, 0.4) is 0 Å². The smallest absolute Gasteiger partial charge is 0.461 e. The van der Waals surface area contributed by atoms with Crippen LogP contribution in [-0.4, -0.2) is 67.4 Å². The molecule has 19 heteroatoms. The first kappa shape index (κ1) is 35.1. The van der Waals surface area contributed by atoms with Gasteiger partial charge in [-0.1, -0.05) is 13.3 Å². The van der Waals surface area contributed by atoms with Gasteiger partial charge in [0.1, 0.15) is 0 Å². The van der Waals surface area contributed by atoms with E-state index >= 15 is 0 Å². The van der Waals surface area contributed by atoms with Gasteiger partial charge in [-0.15, -0.1) is 0 Å². The molecule has 0 aromatic heterocycles. The number of carbonyl (C=O) groups excluding carboxylic acids is 2. The van der Waals surface area contributed by atoms with Crippen LogP contribution in [-0.2, 0) is 33.9 Å². The first-order valence-corrected chi connectivity index (χ1v) is 11.7. The van der Waals surface area contributed by atoms with Crippen molar-refractivity contribution in [3.05, 3.63) is 0 Å². The number of carbonyl (C=O) groups is 2. The Bertz CT molecular complexity index is 899. The SMILES string of the molecule is CCCCOC(=O)C(OCCCCC(F)(F)C(F)(F)S(=O)(=O)O)(OC(=O)C(C)(C)C(F)(F)F)C(F)(F)F. The van der Waals surface area contributed by atoms with Crippen LogP contribution in [0, 0.1) is 5.41 Å². The molecule has 37 heavy (non-hydrogen) atoms. The van der Waals surface area contributed by atoms with E-state index in [1.54, 1.807) is 0 Å². The van der Waals surface area contributed by atoms with Gasteiger partial charge in [-0.05, 0) is 33.1 Å². The van der Waals surface area contributed by atoms with Gasteiger partial charge in [0.25, 0.3) is 0 Å². The third-order valence-corrected chi connectivity index (χ3v) is 5.72. The van der Waals surface area contributed by atoms with Gasteiger partial charge in [-0.2, -0.15) is 52.3 Å². The van der Waals surface area contributed by atoms with E-state index in [0.717, 1.165) is 0 Å². The third kappa shape index (κ3) is 8.05. The topological polar surface area (TPSA) is 116 Å². The Balaban J connectivity index is 5.91. The largest absolute Gasteiger partial charge is 0.468 e. The molecule has 8 nitrogen and oxygen atoms in total. The molecule has 0 saturated carbocycles. The van der Waals surface area contributed by atoms with Gasteiger partial charge in [0.2, 0.25) is 0 Å². The summed E-state index contributed by atoms with van der Waals surface area (Å²) in [4.78, 5) is 24.3. The highest BCUT2D eigenvalue weighted by atomic mass is 32.2. The number of rotatable bonds is 14. The van der Waals surface area contributed by atoms with E-state index in [9.17, 15) is 61.9 Å². The highest BCUT2D eigenvalue weighted by molar-refractivity contribution is 7.87. The van der Waals surface area contributed by atoms with Crippen LogP contribution < -0.4 is 0 Å². The molecule has 1 N–H and O–H groups in total. The van der Waals surface area contributed by atoms with Crippen molar-refractivity contribution < 1.29 is 80.7 Å². The van der Waals surface area contributed by atoms with Gasteiger partial charge in [-0.3, -0.25) is 9.35 Å². The second-order valence-corrected chi connectivity index (χ2v) is 9.58. The van der Waals surface area contributed by atoms with Crippen molar-refractivity contribution in [3.63, 3.8) is 0 Å². The Morgan fingerprint density at radius 1 is 0.784 bits per heavy atom. The average molecular weight is 590 g/mol. The van der Waals surface area contributed by atoms with Crippen molar-refractivity contribution in [2.45, 2.75) is 82.2 Å². The molecule has 0 aromatic rings. The minimum Gasteiger partial charge on any atom is -0.461 e. The molecule has 0 aliphatic heterocycles. The van der Waals surface area contributed by atoms with E-state index in [0.29, 0.717) is 0 Å². The molecule has 0 amide bonds. The molecule has 0 aliphatic carbocycles. The summed E-state index contributed by atoms with van der Waals surface area (Å²) < 4.78 is 176. The normalized spacial score (nSPS) is 15.7. The monoisotopic (exact) mass is 590 g/mol. The summed E-state index contributed by atoms with van der Waals surface area (Å²) in [7, 11) is -6.58. The minimum atomic E-state index is -6.58. The quantitative estimate of drug-likeness (QED) is 0.0986. The third-order valence-electron chi connectivity index (χ3n) is 4.77. The molecule has 0 spiro atoms. The molecular weight excluding hydrogens is 566 g/mol. The first-order chi connectivity index (χ1) is 16.3. The van der Waals surface area contributed by atoms with Crippen LogP contribution in [0.5, 0.6) is 0 Å². The van der Waals surface area contributed by atoms with Crippen LogP contribution in [0.25, 0.3) is 0 Å². The molecule has 0 fully saturated rings. The van der Waals surface area contributed by atoms with E-state index in [1.165, 1.54) is 6.92 Å². The average Bonchev–Trinajstić information content (AvgIpc) is 2.69. The molecule has 0 aromatic carbocycles. The molecule has 1 atom stereocenters. The molecule has 0 aliphatic rings. The summed E-state index contributed by atoms with van der Waals surface area (Å²) in [6.07, 6.45) is -15.6. The van der Waals surface area contributed by atoms with Crippen LogP contribution in [0.1, 0.15) is 52.9 Å². The van der Waals surface area contributed by atoms with E-state index in [2.05, 4.69) is 14.2 Å². The number of ether oxygens (including phenoxy) is 3. The number of hydrogen-bond donors (Lipinski definition) is 1. The highest BCUT2D eigenvalue weighted by Crippen LogP contribution is 2.44. The Morgan fingerprint density at radius 2 is 1.30 bits per heavy atom. The van der Waals surface area contributed by atoms with Crippen LogP contribution in [0.4, 0.5) is 43.9 Å². The maximum atomic E-state index is 13.9. The second kappa shape index (κ2) is 11.9. The molecule has 0 rings (SSSR count). The zero-order valence-corrected chi connectivity index (χ0v) is 20.3. The predicted molar refractivity (Wildman–Crippen MR) is 102 cm³/mol. The van der Waals surface area contributed by atoms with E-state index < -0.39 is 89.3 Å². The molecular formula is C18H24F10O8S. The molecule has 220 valence electrons. The van der Waals surface area contributed by atoms with Crippen molar-refractivity contribution >= 4 is 22.1 Å². The Kier molecular flexibility index (Phi) is 11.3. The van der Waals surface area contributed by atoms with Crippen LogP contribution in [0.2, 0.25) is 0 Å². The van der Waals surface area contributed by atoms with Gasteiger partial charge in [0, 0.05) is 6.42 Å². The summed E-state index contributed by atoms with van der Waals surface area (Å²) in [5, 5.41) is -5.96. The number of hydrogen-bond acceptors (Lipinski definition) is 7. The molecule has 1 unspecified atom stereocenters. The second-order valence-electron chi connectivity index (χ2n) is 8.12. The van der Waals surface area contributed by atoms with Gasteiger partial charge >= 0.3 is 51.4 Å². The first-order valence-electron chi connectivity index (χ1n) is 10.2. The number of unbranched alkanes of at least 4 members (excludes halogenated alkanes) is 2. The molecule has 0 radical (unpaired) electrons. The maximum Gasteiger partial charge on any atom is 0.468 e. The minimum absolute atomic E-state index is 0.0290. The van der Waals surface area contributed by atoms with Crippen molar-refractivity contribution in [2.24, 2.45) is 5.41 Å². The summed E-state index contributed by atoms with van der Waals surface area (Å²) in [5.41, 5.74) is -3.60. The predicted octanol–water partition coefficient (Wildman–Crippen LogP) is 5.02. The van der Waals surface area contributed by atoms with Crippen LogP contribution >= 0.6 is 0 Å². The summed E-state index contributed by atoms with van der Waals surface area (Å²) >= 11 is 0. The number of esters is 2. The number of alkyl halides is 10. The standard InChI is InChI=1S/C18H24F10O8S/c1-4-5-9-34-12(30)15(17(24,25)26,36-11(29)13(2,3)16(21,22)23)35-10-7-6-8-14(19,20)18(27,28)37(31,32)33/h4-10H2,1-3H3,(H,31,32,33). The lowest BCUT2D eigenvalue weighted by atomic mass is 9.93. The van der Waals surface area contributed by atoms with Crippen LogP contribution in [0.15, 0.2) is 0 Å². The maximum absolute atomic E-state index is 13.9. The van der Waals surface area contributed by atoms with Gasteiger partial charge < -0.3 is 14.2 Å². The van der Waals surface area contributed by atoms with Gasteiger partial charge in [0.05, 0.1) is 13.2 Å². The summed E-state index contributed by atoms with van der Waals surface area (Å²) in [5.74, 6) is -15.3. The summed E-state index contributed by atoms with van der Waals surface area (Å²) in [6.45, 7) is -0.412. The zero-order valence-electron chi connectivity index (χ0n) is 19.4. The Hall–Kier alpha value is -1.89. The van der Waals surface area contributed by atoms with E-state index in [-0.39, 0.29) is 26.7 Å². The lowest BCUT2D eigenvalue weighted by Crippen LogP contribution is -2.60. The zero-order chi connectivity index (χ0) is 29.7. The van der Waals surface area contributed by atoms with Gasteiger partial charge in [-0.25, -0.2) is 4.79 Å². The molecule has 0 saturated heterocycles. The molecule has 0 bridgehead atoms. The van der Waals surface area contributed by atoms with Crippen molar-refractivity contribution in [1.82, 2.24) is 0 Å². The summed E-state index contributed by atoms with van der Waals surface area (Å²) in [6, 6.07) is 0. The van der Waals surface area contributed by atoms with Crippen molar-refractivity contribution in [1.29, 1.82) is 0 Å². The fraction of sp³-hybridized carbons (Fsp3) is 0.889. The lowest BCUT2D eigenvalue weighted by Gasteiger charge is -2.35. The van der Waals surface area contributed by atoms with Crippen molar-refractivity contribution in [3.8, 4) is 0 Å². The number of halogens is 10. The lowest BCUT2D eigenvalue weighted by molar-refractivity contribution is -0.361. The fourth-order valence-electron chi connectivity index (χ4n) is 2.16. The highest BCUT2D eigenvalue weighted by Gasteiger charge is 2.70. The van der Waals surface area contributed by atoms with Crippen molar-refractivity contribution in [2.75, 3.05) is 13.2 Å². The van der Waals surface area contributed by atoms with Gasteiger partial charge in [0.15, 0.2) is 5.41 Å².